The molecular weight excluding hydrogens is 290 g/mol. The van der Waals surface area contributed by atoms with Crippen molar-refractivity contribution < 1.29 is 14.3 Å². The van der Waals surface area contributed by atoms with Crippen LogP contribution >= 0.6 is 0 Å². The van der Waals surface area contributed by atoms with Crippen LogP contribution < -0.4 is 9.47 Å². The maximum absolute atomic E-state index is 12.7. The predicted molar refractivity (Wildman–Crippen MR) is 89.1 cm³/mol. The van der Waals surface area contributed by atoms with Crippen molar-refractivity contribution >= 4 is 22.8 Å². The van der Waals surface area contributed by atoms with E-state index in [1.807, 2.05) is 36.5 Å². The van der Waals surface area contributed by atoms with Gasteiger partial charge in [0.15, 0.2) is 5.78 Å². The number of para-hydroxylation sites is 1. The van der Waals surface area contributed by atoms with Crippen LogP contribution in [0.15, 0.2) is 54.2 Å². The lowest BCUT2D eigenvalue weighted by atomic mass is 9.98. The third-order valence-corrected chi connectivity index (χ3v) is 4.06. The highest BCUT2D eigenvalue weighted by atomic mass is 16.5. The van der Waals surface area contributed by atoms with Crippen molar-refractivity contribution in [1.82, 2.24) is 4.98 Å². The van der Waals surface area contributed by atoms with Gasteiger partial charge < -0.3 is 14.5 Å². The second-order valence-electron chi connectivity index (χ2n) is 5.44. The van der Waals surface area contributed by atoms with E-state index in [1.54, 1.807) is 25.3 Å². The van der Waals surface area contributed by atoms with Crippen LogP contribution in [0, 0.1) is 0 Å². The monoisotopic (exact) mass is 305 g/mol. The Bertz CT molecular complexity index is 937. The molecule has 0 fully saturated rings. The van der Waals surface area contributed by atoms with Gasteiger partial charge in [-0.3, -0.25) is 4.79 Å². The summed E-state index contributed by atoms with van der Waals surface area (Å²) in [6.45, 7) is 0.275. The fourth-order valence-corrected chi connectivity index (χ4v) is 2.84. The molecule has 0 amide bonds. The minimum absolute atomic E-state index is 0.0181. The number of benzene rings is 2. The number of hydrogen-bond acceptors (Lipinski definition) is 3. The number of aromatic nitrogens is 1. The normalized spacial score (nSPS) is 15.5. The number of ether oxygens (including phenoxy) is 2. The van der Waals surface area contributed by atoms with E-state index in [-0.39, 0.29) is 12.4 Å². The fourth-order valence-electron chi connectivity index (χ4n) is 2.84. The molecule has 0 aliphatic carbocycles. The van der Waals surface area contributed by atoms with Crippen molar-refractivity contribution in [2.24, 2.45) is 0 Å². The highest BCUT2D eigenvalue weighted by Crippen LogP contribution is 2.31. The Morgan fingerprint density at radius 2 is 2.09 bits per heavy atom. The Labute approximate surface area is 133 Å². The van der Waals surface area contributed by atoms with Crippen molar-refractivity contribution in [3.8, 4) is 11.5 Å². The van der Waals surface area contributed by atoms with Gasteiger partial charge in [-0.1, -0.05) is 18.2 Å². The van der Waals surface area contributed by atoms with E-state index < -0.39 is 0 Å². The van der Waals surface area contributed by atoms with Crippen LogP contribution in [0.1, 0.15) is 15.9 Å². The summed E-state index contributed by atoms with van der Waals surface area (Å²) in [7, 11) is 1.58. The Kier molecular flexibility index (Phi) is 3.15. The van der Waals surface area contributed by atoms with Gasteiger partial charge in [-0.2, -0.15) is 0 Å². The lowest BCUT2D eigenvalue weighted by Gasteiger charge is -2.19. The van der Waals surface area contributed by atoms with E-state index in [1.165, 1.54) is 0 Å². The van der Waals surface area contributed by atoms with Crippen LogP contribution in [0.25, 0.3) is 17.0 Å². The molecule has 23 heavy (non-hydrogen) atoms. The quantitative estimate of drug-likeness (QED) is 0.732. The Morgan fingerprint density at radius 1 is 1.22 bits per heavy atom. The van der Waals surface area contributed by atoms with Crippen LogP contribution in [-0.4, -0.2) is 24.5 Å². The first-order valence-electron chi connectivity index (χ1n) is 7.38. The van der Waals surface area contributed by atoms with Gasteiger partial charge in [-0.25, -0.2) is 0 Å². The number of aromatic amines is 1. The molecular formula is C19H15NO3. The summed E-state index contributed by atoms with van der Waals surface area (Å²) in [5.41, 5.74) is 3.21. The van der Waals surface area contributed by atoms with Crippen molar-refractivity contribution in [2.45, 2.75) is 0 Å². The molecule has 0 radical (unpaired) electrons. The second kappa shape index (κ2) is 5.32. The minimum atomic E-state index is -0.0181. The van der Waals surface area contributed by atoms with E-state index in [9.17, 15) is 4.79 Å². The Morgan fingerprint density at radius 3 is 2.96 bits per heavy atom. The number of Topliss-reactive ketones (excluding diaryl/α,β-unsaturated/α-hetero) is 1. The zero-order valence-electron chi connectivity index (χ0n) is 12.6. The Balaban J connectivity index is 1.77. The average Bonchev–Trinajstić information content (AvgIpc) is 3.00. The number of hydrogen-bond donors (Lipinski definition) is 1. The first-order chi connectivity index (χ1) is 11.3. The number of ketones is 1. The summed E-state index contributed by atoms with van der Waals surface area (Å²) in [5.74, 6) is 1.23. The molecule has 1 aliphatic rings. The van der Waals surface area contributed by atoms with Crippen LogP contribution in [0.4, 0.5) is 0 Å². The van der Waals surface area contributed by atoms with E-state index in [0.717, 1.165) is 16.5 Å². The predicted octanol–water partition coefficient (Wildman–Crippen LogP) is 3.84. The lowest BCUT2D eigenvalue weighted by Crippen LogP contribution is -2.19. The number of methoxy groups -OCH3 is 1. The van der Waals surface area contributed by atoms with Crippen molar-refractivity contribution in [3.63, 3.8) is 0 Å². The summed E-state index contributed by atoms with van der Waals surface area (Å²) in [6.07, 6.45) is 3.80. The molecule has 1 N–H and O–H groups in total. The maximum atomic E-state index is 12.7. The number of carbonyl (C=O) groups is 1. The van der Waals surface area contributed by atoms with Crippen molar-refractivity contribution in [1.29, 1.82) is 0 Å². The van der Waals surface area contributed by atoms with E-state index >= 15 is 0 Å². The summed E-state index contributed by atoms with van der Waals surface area (Å²) in [6, 6.07) is 13.3. The van der Waals surface area contributed by atoms with Crippen molar-refractivity contribution in [2.75, 3.05) is 13.7 Å². The molecule has 0 saturated heterocycles. The van der Waals surface area contributed by atoms with Gasteiger partial charge in [-0.05, 0) is 30.3 Å². The van der Waals surface area contributed by atoms with E-state index in [2.05, 4.69) is 4.98 Å². The Hall–Kier alpha value is -3.01. The number of carbonyl (C=O) groups excluding carboxylic acids is 1. The number of fused-ring (bicyclic) bond motifs is 2. The summed E-state index contributed by atoms with van der Waals surface area (Å²) in [4.78, 5) is 15.9. The summed E-state index contributed by atoms with van der Waals surface area (Å²) >= 11 is 0. The van der Waals surface area contributed by atoms with E-state index in [4.69, 9.17) is 9.47 Å². The van der Waals surface area contributed by atoms with Crippen LogP contribution in [0.3, 0.4) is 0 Å². The summed E-state index contributed by atoms with van der Waals surface area (Å²) < 4.78 is 10.9. The molecule has 4 heteroatoms. The van der Waals surface area contributed by atoms with Crippen LogP contribution in [0.2, 0.25) is 0 Å². The second-order valence-corrected chi connectivity index (χ2v) is 5.44. The SMILES string of the molecule is COc1ccc2c(c1)C(=O)C(=Cc1c[nH]c3ccccc13)CO2. The molecule has 1 aliphatic heterocycles. The molecule has 4 rings (SSSR count). The lowest BCUT2D eigenvalue weighted by molar-refractivity contribution is 0.100. The van der Waals surface area contributed by atoms with Gasteiger partial charge in [-0.15, -0.1) is 0 Å². The molecule has 4 nitrogen and oxygen atoms in total. The van der Waals surface area contributed by atoms with Crippen molar-refractivity contribution in [3.05, 3.63) is 65.4 Å². The maximum Gasteiger partial charge on any atom is 0.196 e. The highest BCUT2D eigenvalue weighted by molar-refractivity contribution is 6.14. The first kappa shape index (κ1) is 13.6. The summed E-state index contributed by atoms with van der Waals surface area (Å²) in [5, 5.41) is 1.09. The number of nitrogens with one attached hydrogen (secondary N) is 1. The molecule has 114 valence electrons. The zero-order valence-corrected chi connectivity index (χ0v) is 12.6. The minimum Gasteiger partial charge on any atom is -0.497 e. The molecule has 2 heterocycles. The number of H-pyrrole nitrogens is 1. The molecule has 0 unspecified atom stereocenters. The highest BCUT2D eigenvalue weighted by Gasteiger charge is 2.24. The van der Waals surface area contributed by atoms with Gasteiger partial charge >= 0.3 is 0 Å². The van der Waals surface area contributed by atoms with Gasteiger partial charge in [0.1, 0.15) is 18.1 Å². The van der Waals surface area contributed by atoms with Crippen LogP contribution in [-0.2, 0) is 0 Å². The standard InChI is InChI=1S/C19H15NO3/c1-22-14-6-7-18-16(9-14)19(21)13(11-23-18)8-12-10-20-17-5-3-2-4-15(12)17/h2-10,20H,11H2,1H3. The zero-order chi connectivity index (χ0) is 15.8. The third kappa shape index (κ3) is 2.28. The topological polar surface area (TPSA) is 51.3 Å². The number of rotatable bonds is 2. The molecule has 0 spiro atoms. The van der Waals surface area contributed by atoms with Crippen LogP contribution in [0.5, 0.6) is 11.5 Å². The van der Waals surface area contributed by atoms with Gasteiger partial charge in [0.2, 0.25) is 0 Å². The molecule has 0 saturated carbocycles. The smallest absolute Gasteiger partial charge is 0.196 e. The average molecular weight is 305 g/mol. The molecule has 2 aromatic carbocycles. The van der Waals surface area contributed by atoms with Gasteiger partial charge in [0, 0.05) is 28.2 Å². The molecule has 3 aromatic rings. The fraction of sp³-hybridized carbons (Fsp3) is 0.105. The van der Waals surface area contributed by atoms with E-state index in [0.29, 0.717) is 22.6 Å². The van der Waals surface area contributed by atoms with Gasteiger partial charge in [0.05, 0.1) is 12.7 Å². The third-order valence-electron chi connectivity index (χ3n) is 4.06. The molecule has 1 aromatic heterocycles. The molecule has 0 bridgehead atoms. The first-order valence-corrected chi connectivity index (χ1v) is 7.38. The van der Waals surface area contributed by atoms with Gasteiger partial charge in [0.25, 0.3) is 0 Å². The largest absolute Gasteiger partial charge is 0.497 e. The molecule has 0 atom stereocenters.